The van der Waals surface area contributed by atoms with E-state index in [4.69, 9.17) is 11.6 Å². The summed E-state index contributed by atoms with van der Waals surface area (Å²) in [5, 5.41) is 3.45. The van der Waals surface area contributed by atoms with Crippen molar-refractivity contribution in [1.82, 2.24) is 5.32 Å². The molecule has 1 saturated carbocycles. The molecule has 0 unspecified atom stereocenters. The summed E-state index contributed by atoms with van der Waals surface area (Å²) in [6.45, 7) is 1.78. The van der Waals surface area contributed by atoms with Crippen LogP contribution in [0, 0.1) is 0 Å². The van der Waals surface area contributed by atoms with E-state index in [-0.39, 0.29) is 17.7 Å². The van der Waals surface area contributed by atoms with Crippen LogP contribution in [0.2, 0.25) is 5.02 Å². The smallest absolute Gasteiger partial charge is 0.235 e. The average Bonchev–Trinajstić information content (AvgIpc) is 3.07. The zero-order valence-electron chi connectivity index (χ0n) is 11.3. The van der Waals surface area contributed by atoms with E-state index in [9.17, 15) is 13.2 Å². The van der Waals surface area contributed by atoms with E-state index in [1.54, 1.807) is 13.0 Å². The summed E-state index contributed by atoms with van der Waals surface area (Å²) in [7, 11) is -3.27. The fourth-order valence-corrected chi connectivity index (χ4v) is 3.74. The van der Waals surface area contributed by atoms with Crippen LogP contribution in [0.25, 0.3) is 0 Å². The second kappa shape index (κ2) is 6.14. The van der Waals surface area contributed by atoms with Gasteiger partial charge in [0.15, 0.2) is 9.84 Å². The van der Waals surface area contributed by atoms with Crippen LogP contribution >= 0.6 is 11.6 Å². The molecule has 2 atom stereocenters. The summed E-state index contributed by atoms with van der Waals surface area (Å²) in [6.07, 6.45) is 1.37. The van der Waals surface area contributed by atoms with Crippen LogP contribution in [0.15, 0.2) is 24.3 Å². The van der Waals surface area contributed by atoms with Gasteiger partial charge in [0, 0.05) is 17.0 Å². The number of halogens is 1. The van der Waals surface area contributed by atoms with Crippen molar-refractivity contribution in [2.45, 2.75) is 31.7 Å². The monoisotopic (exact) mass is 315 g/mol. The summed E-state index contributed by atoms with van der Waals surface area (Å²) in [5.41, 5.74) is 1.08. The van der Waals surface area contributed by atoms with Gasteiger partial charge in [-0.1, -0.05) is 30.7 Å². The Morgan fingerprint density at radius 1 is 1.45 bits per heavy atom. The number of amides is 1. The molecule has 6 heteroatoms. The van der Waals surface area contributed by atoms with E-state index < -0.39 is 21.5 Å². The van der Waals surface area contributed by atoms with Crippen molar-refractivity contribution in [3.8, 4) is 0 Å². The van der Waals surface area contributed by atoms with Gasteiger partial charge in [0.25, 0.3) is 0 Å². The lowest BCUT2D eigenvalue weighted by molar-refractivity contribution is -0.118. The zero-order chi connectivity index (χ0) is 14.8. The molecule has 0 aromatic heterocycles. The highest BCUT2D eigenvalue weighted by Crippen LogP contribution is 2.41. The number of benzene rings is 1. The van der Waals surface area contributed by atoms with Crippen LogP contribution < -0.4 is 5.32 Å². The molecule has 1 aliphatic rings. The lowest BCUT2D eigenvalue weighted by Gasteiger charge is -2.06. The number of nitrogens with one attached hydrogen (secondary N) is 1. The molecule has 20 heavy (non-hydrogen) atoms. The molecule has 1 fully saturated rings. The molecule has 1 amide bonds. The average molecular weight is 316 g/mol. The molecule has 0 aliphatic heterocycles. The van der Waals surface area contributed by atoms with Crippen molar-refractivity contribution in [3.63, 3.8) is 0 Å². The molecule has 0 radical (unpaired) electrons. The van der Waals surface area contributed by atoms with Gasteiger partial charge in [0.2, 0.25) is 5.91 Å². The second-order valence-corrected chi connectivity index (χ2v) is 7.78. The van der Waals surface area contributed by atoms with Crippen molar-refractivity contribution < 1.29 is 13.2 Å². The third-order valence-corrected chi connectivity index (χ3v) is 5.25. The molecule has 0 saturated heterocycles. The van der Waals surface area contributed by atoms with Gasteiger partial charge in [-0.3, -0.25) is 4.79 Å². The number of sulfone groups is 1. The Morgan fingerprint density at radius 3 is 2.85 bits per heavy atom. The van der Waals surface area contributed by atoms with Crippen molar-refractivity contribution in [2.24, 2.45) is 0 Å². The van der Waals surface area contributed by atoms with Gasteiger partial charge in [-0.05, 0) is 30.5 Å². The normalized spacial score (nSPS) is 21.5. The third kappa shape index (κ3) is 4.21. The molecular formula is C14H18ClNO3S. The van der Waals surface area contributed by atoms with Crippen molar-refractivity contribution in [3.05, 3.63) is 34.9 Å². The van der Waals surface area contributed by atoms with Crippen LogP contribution in [0.5, 0.6) is 0 Å². The van der Waals surface area contributed by atoms with Crippen molar-refractivity contribution >= 4 is 27.3 Å². The van der Waals surface area contributed by atoms with Crippen LogP contribution in [0.1, 0.15) is 31.2 Å². The zero-order valence-corrected chi connectivity index (χ0v) is 12.9. The summed E-state index contributed by atoms with van der Waals surface area (Å²) in [5.74, 6) is -0.526. The lowest BCUT2D eigenvalue weighted by atomic mass is 10.1. The molecule has 1 aromatic carbocycles. The number of carbonyl (C=O) groups excluding carboxylic acids is 1. The summed E-state index contributed by atoms with van der Waals surface area (Å²) >= 11 is 5.93. The molecular weight excluding hydrogens is 298 g/mol. The molecule has 1 aromatic rings. The van der Waals surface area contributed by atoms with Gasteiger partial charge < -0.3 is 5.32 Å². The van der Waals surface area contributed by atoms with Crippen LogP contribution in [0.3, 0.4) is 0 Å². The maximum Gasteiger partial charge on any atom is 0.235 e. The molecule has 1 aliphatic carbocycles. The number of hydrogen-bond donors (Lipinski definition) is 1. The van der Waals surface area contributed by atoms with E-state index >= 15 is 0 Å². The lowest BCUT2D eigenvalue weighted by Crippen LogP contribution is -2.33. The molecule has 0 heterocycles. The topological polar surface area (TPSA) is 63.2 Å². The maximum absolute atomic E-state index is 11.7. The van der Waals surface area contributed by atoms with E-state index in [1.807, 2.05) is 18.2 Å². The predicted molar refractivity (Wildman–Crippen MR) is 79.7 cm³/mol. The fourth-order valence-electron chi connectivity index (χ4n) is 2.29. The first kappa shape index (κ1) is 15.3. The quantitative estimate of drug-likeness (QED) is 0.874. The molecule has 0 bridgehead atoms. The minimum absolute atomic E-state index is 0.0257. The highest BCUT2D eigenvalue weighted by molar-refractivity contribution is 7.92. The van der Waals surface area contributed by atoms with Gasteiger partial charge in [-0.2, -0.15) is 0 Å². The van der Waals surface area contributed by atoms with E-state index in [0.717, 1.165) is 12.0 Å². The van der Waals surface area contributed by atoms with E-state index in [1.165, 1.54) is 0 Å². The molecule has 110 valence electrons. The Balaban J connectivity index is 1.86. The standard InChI is InChI=1S/C14H18ClNO3S/c1-2-6-20(18,19)9-14(17)16-13-8-12(13)10-4-3-5-11(15)7-10/h3-5,7,12-13H,2,6,8-9H2,1H3,(H,16,17)/t12-,13-/m0/s1. The summed E-state index contributed by atoms with van der Waals surface area (Å²) < 4.78 is 23.1. The van der Waals surface area contributed by atoms with Crippen LogP contribution in [-0.2, 0) is 14.6 Å². The number of hydrogen-bond acceptors (Lipinski definition) is 3. The van der Waals surface area contributed by atoms with Crippen LogP contribution in [-0.4, -0.2) is 31.9 Å². The first-order chi connectivity index (χ1) is 9.41. The van der Waals surface area contributed by atoms with Gasteiger partial charge in [0.05, 0.1) is 5.75 Å². The van der Waals surface area contributed by atoms with Gasteiger partial charge in [-0.25, -0.2) is 8.42 Å². The van der Waals surface area contributed by atoms with E-state index in [2.05, 4.69) is 5.32 Å². The Kier molecular flexibility index (Phi) is 4.70. The Morgan fingerprint density at radius 2 is 2.20 bits per heavy atom. The summed E-state index contributed by atoms with van der Waals surface area (Å²) in [6, 6.07) is 7.56. The van der Waals surface area contributed by atoms with Crippen LogP contribution in [0.4, 0.5) is 0 Å². The minimum atomic E-state index is -3.27. The number of carbonyl (C=O) groups is 1. The van der Waals surface area contributed by atoms with Crippen molar-refractivity contribution in [2.75, 3.05) is 11.5 Å². The molecule has 1 N–H and O–H groups in total. The Labute approximate surface area is 124 Å². The largest absolute Gasteiger partial charge is 0.352 e. The Hall–Kier alpha value is -1.07. The molecule has 2 rings (SSSR count). The fraction of sp³-hybridized carbons (Fsp3) is 0.500. The predicted octanol–water partition coefficient (Wildman–Crippen LogP) is 2.14. The van der Waals surface area contributed by atoms with E-state index in [0.29, 0.717) is 11.4 Å². The highest BCUT2D eigenvalue weighted by atomic mass is 35.5. The highest BCUT2D eigenvalue weighted by Gasteiger charge is 2.39. The maximum atomic E-state index is 11.7. The Bertz CT molecular complexity index is 600. The molecule has 0 spiro atoms. The summed E-state index contributed by atoms with van der Waals surface area (Å²) in [4.78, 5) is 11.7. The van der Waals surface area contributed by atoms with Gasteiger partial charge in [-0.15, -0.1) is 0 Å². The number of rotatable bonds is 6. The minimum Gasteiger partial charge on any atom is -0.352 e. The second-order valence-electron chi connectivity index (χ2n) is 5.16. The van der Waals surface area contributed by atoms with Gasteiger partial charge in [0.1, 0.15) is 5.75 Å². The first-order valence-electron chi connectivity index (χ1n) is 6.66. The molecule has 4 nitrogen and oxygen atoms in total. The SMILES string of the molecule is CCCS(=O)(=O)CC(=O)N[C@H]1C[C@H]1c1cccc(Cl)c1. The first-order valence-corrected chi connectivity index (χ1v) is 8.86. The van der Waals surface area contributed by atoms with Crippen molar-refractivity contribution in [1.29, 1.82) is 0 Å². The van der Waals surface area contributed by atoms with Gasteiger partial charge >= 0.3 is 0 Å². The third-order valence-electron chi connectivity index (χ3n) is 3.28.